The molecule has 13 heavy (non-hydrogen) atoms. The fourth-order valence-electron chi connectivity index (χ4n) is 2.95. The second kappa shape index (κ2) is 3.63. The van der Waals surface area contributed by atoms with Crippen molar-refractivity contribution in [1.29, 1.82) is 0 Å². The summed E-state index contributed by atoms with van der Waals surface area (Å²) in [7, 11) is 0. The first kappa shape index (κ1) is 11.1. The van der Waals surface area contributed by atoms with E-state index in [1.807, 2.05) is 0 Å². The van der Waals surface area contributed by atoms with Gasteiger partial charge in [0.2, 0.25) is 0 Å². The van der Waals surface area contributed by atoms with E-state index in [1.165, 1.54) is 12.8 Å². The lowest BCUT2D eigenvalue weighted by Gasteiger charge is -2.24. The Hall–Kier alpha value is 0. The monoisotopic (exact) mass is 182 g/mol. The molecule has 0 bridgehead atoms. The highest BCUT2D eigenvalue weighted by molar-refractivity contribution is 4.97. The summed E-state index contributed by atoms with van der Waals surface area (Å²) in [6, 6.07) is 0. The van der Waals surface area contributed by atoms with E-state index in [-0.39, 0.29) is 0 Å². The van der Waals surface area contributed by atoms with Crippen LogP contribution in [-0.4, -0.2) is 0 Å². The van der Waals surface area contributed by atoms with Crippen molar-refractivity contribution in [2.45, 2.75) is 54.4 Å². The van der Waals surface area contributed by atoms with Gasteiger partial charge in [0.15, 0.2) is 0 Å². The van der Waals surface area contributed by atoms with Gasteiger partial charge in [0, 0.05) is 0 Å². The third kappa shape index (κ3) is 2.48. The Bertz CT molecular complexity index is 161. The van der Waals surface area contributed by atoms with Gasteiger partial charge < -0.3 is 0 Å². The molecule has 1 rings (SSSR count). The number of hydrogen-bond acceptors (Lipinski definition) is 0. The van der Waals surface area contributed by atoms with Crippen molar-refractivity contribution in [2.24, 2.45) is 29.1 Å². The van der Waals surface area contributed by atoms with Gasteiger partial charge in [-0.2, -0.15) is 0 Å². The molecule has 78 valence electrons. The Morgan fingerprint density at radius 3 is 2.00 bits per heavy atom. The third-order valence-corrected chi connectivity index (χ3v) is 3.83. The SMILES string of the molecule is CCC(C(C)C)C1CC1C(C)(C)C. The first-order valence-electron chi connectivity index (χ1n) is 5.88. The summed E-state index contributed by atoms with van der Waals surface area (Å²) in [5, 5.41) is 0. The quantitative estimate of drug-likeness (QED) is 0.608. The topological polar surface area (TPSA) is 0 Å². The van der Waals surface area contributed by atoms with Gasteiger partial charge in [0.25, 0.3) is 0 Å². The van der Waals surface area contributed by atoms with E-state index in [0.29, 0.717) is 5.41 Å². The molecule has 0 aromatic carbocycles. The molecule has 0 aromatic rings. The maximum Gasteiger partial charge on any atom is -0.0331 e. The smallest absolute Gasteiger partial charge is 0.0331 e. The molecule has 0 amide bonds. The van der Waals surface area contributed by atoms with E-state index in [0.717, 1.165) is 23.7 Å². The van der Waals surface area contributed by atoms with Crippen molar-refractivity contribution < 1.29 is 0 Å². The molecule has 0 heterocycles. The van der Waals surface area contributed by atoms with Crippen LogP contribution >= 0.6 is 0 Å². The summed E-state index contributed by atoms with van der Waals surface area (Å²) >= 11 is 0. The molecular formula is C13H26. The van der Waals surface area contributed by atoms with Gasteiger partial charge in [-0.1, -0.05) is 48.0 Å². The Morgan fingerprint density at radius 1 is 1.23 bits per heavy atom. The van der Waals surface area contributed by atoms with Crippen LogP contribution < -0.4 is 0 Å². The average Bonchev–Trinajstić information content (AvgIpc) is 2.66. The summed E-state index contributed by atoms with van der Waals surface area (Å²) in [6.07, 6.45) is 2.86. The summed E-state index contributed by atoms with van der Waals surface area (Å²) in [4.78, 5) is 0. The molecule has 3 atom stereocenters. The minimum Gasteiger partial charge on any atom is -0.0651 e. The molecule has 0 heteroatoms. The van der Waals surface area contributed by atoms with E-state index >= 15 is 0 Å². The highest BCUT2D eigenvalue weighted by Gasteiger charge is 2.48. The molecule has 1 aliphatic carbocycles. The maximum absolute atomic E-state index is 2.39. The zero-order valence-electron chi connectivity index (χ0n) is 10.2. The molecule has 0 N–H and O–H groups in total. The van der Waals surface area contributed by atoms with Crippen molar-refractivity contribution in [1.82, 2.24) is 0 Å². The lowest BCUT2D eigenvalue weighted by Crippen LogP contribution is -2.16. The summed E-state index contributed by atoms with van der Waals surface area (Å²) in [5.41, 5.74) is 0.549. The van der Waals surface area contributed by atoms with Gasteiger partial charge >= 0.3 is 0 Å². The normalized spacial score (nSPS) is 30.7. The molecule has 3 unspecified atom stereocenters. The van der Waals surface area contributed by atoms with Gasteiger partial charge in [0.05, 0.1) is 0 Å². The number of hydrogen-bond donors (Lipinski definition) is 0. The van der Waals surface area contributed by atoms with Crippen molar-refractivity contribution in [3.05, 3.63) is 0 Å². The zero-order valence-corrected chi connectivity index (χ0v) is 10.2. The molecule has 0 aliphatic heterocycles. The highest BCUT2D eigenvalue weighted by atomic mass is 14.5. The molecule has 0 aromatic heterocycles. The zero-order chi connectivity index (χ0) is 10.2. The van der Waals surface area contributed by atoms with Crippen LogP contribution in [0, 0.1) is 29.1 Å². The fraction of sp³-hybridized carbons (Fsp3) is 1.00. The van der Waals surface area contributed by atoms with E-state index in [4.69, 9.17) is 0 Å². The molecule has 0 spiro atoms. The summed E-state index contributed by atoms with van der Waals surface area (Å²) < 4.78 is 0. The van der Waals surface area contributed by atoms with Crippen LogP contribution in [0.15, 0.2) is 0 Å². The van der Waals surface area contributed by atoms with Gasteiger partial charge in [-0.25, -0.2) is 0 Å². The Kier molecular flexibility index (Phi) is 3.09. The maximum atomic E-state index is 2.39. The van der Waals surface area contributed by atoms with Crippen LogP contribution in [0.1, 0.15) is 54.4 Å². The molecular weight excluding hydrogens is 156 g/mol. The van der Waals surface area contributed by atoms with Crippen LogP contribution in [0.3, 0.4) is 0 Å². The van der Waals surface area contributed by atoms with Gasteiger partial charge in [-0.3, -0.25) is 0 Å². The van der Waals surface area contributed by atoms with Gasteiger partial charge in [0.1, 0.15) is 0 Å². The first-order valence-corrected chi connectivity index (χ1v) is 5.88. The summed E-state index contributed by atoms with van der Waals surface area (Å²) in [5.74, 6) is 3.89. The molecule has 1 aliphatic rings. The van der Waals surface area contributed by atoms with Crippen molar-refractivity contribution in [2.75, 3.05) is 0 Å². The van der Waals surface area contributed by atoms with E-state index in [2.05, 4.69) is 41.5 Å². The molecule has 0 saturated heterocycles. The Morgan fingerprint density at radius 2 is 1.77 bits per heavy atom. The van der Waals surface area contributed by atoms with Crippen LogP contribution in [0.25, 0.3) is 0 Å². The largest absolute Gasteiger partial charge is 0.0651 e. The minimum absolute atomic E-state index is 0.549. The van der Waals surface area contributed by atoms with Crippen molar-refractivity contribution in [3.8, 4) is 0 Å². The molecule has 0 nitrogen and oxygen atoms in total. The minimum atomic E-state index is 0.549. The lowest BCUT2D eigenvalue weighted by molar-refractivity contribution is 0.255. The van der Waals surface area contributed by atoms with Crippen LogP contribution in [0.4, 0.5) is 0 Å². The highest BCUT2D eigenvalue weighted by Crippen LogP contribution is 2.56. The fourth-order valence-corrected chi connectivity index (χ4v) is 2.95. The second-order valence-corrected chi connectivity index (χ2v) is 6.19. The van der Waals surface area contributed by atoms with Crippen LogP contribution in [-0.2, 0) is 0 Å². The lowest BCUT2D eigenvalue weighted by atomic mass is 9.82. The predicted molar refractivity (Wildman–Crippen MR) is 59.7 cm³/mol. The third-order valence-electron chi connectivity index (χ3n) is 3.83. The van der Waals surface area contributed by atoms with E-state index < -0.39 is 0 Å². The second-order valence-electron chi connectivity index (χ2n) is 6.19. The van der Waals surface area contributed by atoms with Crippen LogP contribution in [0.2, 0.25) is 0 Å². The number of rotatable bonds is 3. The summed E-state index contributed by atoms with van der Waals surface area (Å²) in [6.45, 7) is 14.3. The van der Waals surface area contributed by atoms with Gasteiger partial charge in [-0.05, 0) is 35.5 Å². The first-order chi connectivity index (χ1) is 5.88. The predicted octanol–water partition coefficient (Wildman–Crippen LogP) is 4.35. The molecule has 0 radical (unpaired) electrons. The van der Waals surface area contributed by atoms with Gasteiger partial charge in [-0.15, -0.1) is 0 Å². The van der Waals surface area contributed by atoms with E-state index in [9.17, 15) is 0 Å². The van der Waals surface area contributed by atoms with Crippen LogP contribution in [0.5, 0.6) is 0 Å². The standard InChI is InChI=1S/C13H26/c1-7-10(9(2)3)11-8-12(11)13(4,5)6/h9-12H,7-8H2,1-6H3. The van der Waals surface area contributed by atoms with Crippen molar-refractivity contribution in [3.63, 3.8) is 0 Å². The van der Waals surface area contributed by atoms with Crippen molar-refractivity contribution >= 4 is 0 Å². The Balaban J connectivity index is 2.49. The molecule has 1 fully saturated rings. The Labute approximate surface area is 84.1 Å². The molecule has 1 saturated carbocycles. The average molecular weight is 182 g/mol. The van der Waals surface area contributed by atoms with E-state index in [1.54, 1.807) is 0 Å².